The van der Waals surface area contributed by atoms with Crippen molar-refractivity contribution in [2.75, 3.05) is 31.1 Å². The highest BCUT2D eigenvalue weighted by atomic mass is 16.2. The number of carbonyl (C=O) groups excluding carboxylic acids is 1. The first-order valence-electron chi connectivity index (χ1n) is 8.39. The monoisotopic (exact) mass is 335 g/mol. The normalized spacial score (nSPS) is 22.6. The molecular weight excluding hydrogens is 318 g/mol. The number of rotatable bonds is 2. The van der Waals surface area contributed by atoms with Gasteiger partial charge in [-0.25, -0.2) is 0 Å². The standard InChI is InChI=1S/C17H17N7O/c25-17(12-3-5-18-6-4-12)23-9-13-7-22(8-14(13)10-23)16-2-1-15-20-19-11-24(15)21-16/h1-6,11,13-14H,7-10H2. The Hall–Kier alpha value is -3.03. The molecule has 1 amide bonds. The summed E-state index contributed by atoms with van der Waals surface area (Å²) in [5, 5.41) is 12.4. The summed E-state index contributed by atoms with van der Waals surface area (Å²) in [7, 11) is 0. The van der Waals surface area contributed by atoms with E-state index < -0.39 is 0 Å². The molecule has 126 valence electrons. The molecule has 5 rings (SSSR count). The smallest absolute Gasteiger partial charge is 0.253 e. The number of fused-ring (bicyclic) bond motifs is 2. The maximum atomic E-state index is 12.6. The molecule has 3 aromatic rings. The number of pyridine rings is 1. The average molecular weight is 335 g/mol. The Morgan fingerprint density at radius 1 is 1.00 bits per heavy atom. The van der Waals surface area contributed by atoms with E-state index in [1.807, 2.05) is 17.0 Å². The highest BCUT2D eigenvalue weighted by molar-refractivity contribution is 5.94. The fourth-order valence-corrected chi connectivity index (χ4v) is 3.91. The molecule has 2 saturated heterocycles. The summed E-state index contributed by atoms with van der Waals surface area (Å²) in [6.45, 7) is 3.45. The van der Waals surface area contributed by atoms with E-state index in [9.17, 15) is 4.79 Å². The van der Waals surface area contributed by atoms with Crippen LogP contribution in [0.5, 0.6) is 0 Å². The Morgan fingerprint density at radius 3 is 2.52 bits per heavy atom. The molecule has 0 bridgehead atoms. The van der Waals surface area contributed by atoms with Crippen LogP contribution in [0, 0.1) is 11.8 Å². The second kappa shape index (κ2) is 5.51. The first-order valence-corrected chi connectivity index (χ1v) is 8.39. The van der Waals surface area contributed by atoms with Gasteiger partial charge in [-0.3, -0.25) is 9.78 Å². The lowest BCUT2D eigenvalue weighted by molar-refractivity contribution is 0.0782. The molecule has 8 heteroatoms. The first kappa shape index (κ1) is 14.3. The lowest BCUT2D eigenvalue weighted by Gasteiger charge is -2.22. The van der Waals surface area contributed by atoms with Gasteiger partial charge >= 0.3 is 0 Å². The fraction of sp³-hybridized carbons (Fsp3) is 0.353. The van der Waals surface area contributed by atoms with Crippen LogP contribution in [0.25, 0.3) is 5.65 Å². The summed E-state index contributed by atoms with van der Waals surface area (Å²) in [5.74, 6) is 2.02. The van der Waals surface area contributed by atoms with Gasteiger partial charge in [-0.05, 0) is 24.3 Å². The maximum absolute atomic E-state index is 12.6. The first-order chi connectivity index (χ1) is 12.3. The second-order valence-corrected chi connectivity index (χ2v) is 6.70. The van der Waals surface area contributed by atoms with Crippen LogP contribution in [0.4, 0.5) is 5.82 Å². The van der Waals surface area contributed by atoms with Crippen LogP contribution in [-0.4, -0.2) is 61.8 Å². The topological polar surface area (TPSA) is 79.5 Å². The molecule has 0 aromatic carbocycles. The van der Waals surface area contributed by atoms with Crippen molar-refractivity contribution in [3.05, 3.63) is 48.5 Å². The molecule has 2 unspecified atom stereocenters. The molecule has 2 atom stereocenters. The van der Waals surface area contributed by atoms with Gasteiger partial charge in [0.15, 0.2) is 5.65 Å². The molecule has 25 heavy (non-hydrogen) atoms. The third-order valence-corrected chi connectivity index (χ3v) is 5.17. The zero-order valence-corrected chi connectivity index (χ0v) is 13.6. The van der Waals surface area contributed by atoms with Gasteiger partial charge in [0.2, 0.25) is 0 Å². The highest BCUT2D eigenvalue weighted by Gasteiger charge is 2.42. The van der Waals surface area contributed by atoms with E-state index in [1.54, 1.807) is 35.4 Å². The van der Waals surface area contributed by atoms with E-state index in [2.05, 4.69) is 25.2 Å². The molecule has 0 radical (unpaired) electrons. The average Bonchev–Trinajstić information content (AvgIpc) is 3.35. The lowest BCUT2D eigenvalue weighted by Crippen LogP contribution is -2.33. The Morgan fingerprint density at radius 2 is 1.76 bits per heavy atom. The quantitative estimate of drug-likeness (QED) is 0.687. The number of anilines is 1. The minimum absolute atomic E-state index is 0.104. The fourth-order valence-electron chi connectivity index (χ4n) is 3.91. The molecule has 0 spiro atoms. The van der Waals surface area contributed by atoms with Crippen LogP contribution in [0.1, 0.15) is 10.4 Å². The van der Waals surface area contributed by atoms with Crippen molar-refractivity contribution in [3.63, 3.8) is 0 Å². The third-order valence-electron chi connectivity index (χ3n) is 5.17. The minimum Gasteiger partial charge on any atom is -0.354 e. The molecule has 5 heterocycles. The van der Waals surface area contributed by atoms with Crippen molar-refractivity contribution < 1.29 is 4.79 Å². The van der Waals surface area contributed by atoms with Gasteiger partial charge in [-0.15, -0.1) is 15.3 Å². The van der Waals surface area contributed by atoms with Gasteiger partial charge in [0, 0.05) is 56.0 Å². The van der Waals surface area contributed by atoms with Crippen LogP contribution < -0.4 is 4.90 Å². The molecule has 3 aromatic heterocycles. The molecular formula is C17H17N7O. The van der Waals surface area contributed by atoms with Crippen molar-refractivity contribution in [3.8, 4) is 0 Å². The SMILES string of the molecule is O=C(c1ccncc1)N1CC2CN(c3ccc4nncn4n3)CC2C1. The number of hydrogen-bond donors (Lipinski definition) is 0. The van der Waals surface area contributed by atoms with E-state index in [4.69, 9.17) is 0 Å². The van der Waals surface area contributed by atoms with Crippen LogP contribution in [0.3, 0.4) is 0 Å². The Kier molecular flexibility index (Phi) is 3.16. The minimum atomic E-state index is 0.104. The van der Waals surface area contributed by atoms with Gasteiger partial charge in [-0.1, -0.05) is 0 Å². The molecule has 8 nitrogen and oxygen atoms in total. The van der Waals surface area contributed by atoms with Crippen molar-refractivity contribution in [2.24, 2.45) is 11.8 Å². The number of nitrogens with zero attached hydrogens (tertiary/aromatic N) is 7. The largest absolute Gasteiger partial charge is 0.354 e. The van der Waals surface area contributed by atoms with E-state index in [0.29, 0.717) is 17.4 Å². The summed E-state index contributed by atoms with van der Waals surface area (Å²) < 4.78 is 1.70. The van der Waals surface area contributed by atoms with Gasteiger partial charge in [0.05, 0.1) is 0 Å². The molecule has 0 aliphatic carbocycles. The van der Waals surface area contributed by atoms with Crippen LogP contribution >= 0.6 is 0 Å². The molecule has 0 saturated carbocycles. The highest BCUT2D eigenvalue weighted by Crippen LogP contribution is 2.33. The van der Waals surface area contributed by atoms with Gasteiger partial charge < -0.3 is 9.80 Å². The Labute approximate surface area is 144 Å². The Balaban J connectivity index is 1.29. The summed E-state index contributed by atoms with van der Waals surface area (Å²) in [6.07, 6.45) is 4.95. The lowest BCUT2D eigenvalue weighted by atomic mass is 10.0. The molecule has 0 N–H and O–H groups in total. The number of aromatic nitrogens is 5. The number of amides is 1. The molecule has 2 aliphatic rings. The van der Waals surface area contributed by atoms with Crippen molar-refractivity contribution in [1.29, 1.82) is 0 Å². The maximum Gasteiger partial charge on any atom is 0.253 e. The summed E-state index contributed by atoms with van der Waals surface area (Å²) >= 11 is 0. The van der Waals surface area contributed by atoms with Crippen LogP contribution in [0.2, 0.25) is 0 Å². The summed E-state index contributed by atoms with van der Waals surface area (Å²) in [5.41, 5.74) is 1.46. The predicted molar refractivity (Wildman–Crippen MR) is 90.1 cm³/mol. The summed E-state index contributed by atoms with van der Waals surface area (Å²) in [6, 6.07) is 7.48. The predicted octanol–water partition coefficient (Wildman–Crippen LogP) is 0.728. The number of likely N-dealkylation sites (tertiary alicyclic amines) is 1. The van der Waals surface area contributed by atoms with E-state index in [0.717, 1.165) is 37.6 Å². The van der Waals surface area contributed by atoms with Crippen LogP contribution in [-0.2, 0) is 0 Å². The van der Waals surface area contributed by atoms with E-state index in [1.165, 1.54) is 0 Å². The van der Waals surface area contributed by atoms with E-state index in [-0.39, 0.29) is 5.91 Å². The number of carbonyl (C=O) groups is 1. The zero-order valence-electron chi connectivity index (χ0n) is 13.6. The number of hydrogen-bond acceptors (Lipinski definition) is 6. The van der Waals surface area contributed by atoms with Gasteiger partial charge in [0.1, 0.15) is 12.1 Å². The van der Waals surface area contributed by atoms with Crippen LogP contribution in [0.15, 0.2) is 43.0 Å². The van der Waals surface area contributed by atoms with Gasteiger partial charge in [-0.2, -0.15) is 4.52 Å². The molecule has 2 fully saturated rings. The van der Waals surface area contributed by atoms with E-state index >= 15 is 0 Å². The zero-order chi connectivity index (χ0) is 16.8. The summed E-state index contributed by atoms with van der Waals surface area (Å²) in [4.78, 5) is 20.8. The Bertz CT molecular complexity index is 911. The third kappa shape index (κ3) is 2.41. The van der Waals surface area contributed by atoms with Crippen molar-refractivity contribution in [2.45, 2.75) is 0 Å². The van der Waals surface area contributed by atoms with Crippen molar-refractivity contribution >= 4 is 17.4 Å². The second-order valence-electron chi connectivity index (χ2n) is 6.70. The van der Waals surface area contributed by atoms with Gasteiger partial charge in [0.25, 0.3) is 5.91 Å². The molecule has 2 aliphatic heterocycles. The van der Waals surface area contributed by atoms with Crippen molar-refractivity contribution in [1.82, 2.24) is 29.7 Å².